The van der Waals surface area contributed by atoms with Crippen LogP contribution in [0.25, 0.3) is 0 Å². The molecule has 0 aliphatic rings. The first-order valence-corrected chi connectivity index (χ1v) is 5.03. The van der Waals surface area contributed by atoms with Gasteiger partial charge in [0.2, 0.25) is 0 Å². The standard InChI is InChI=1S/C8H9F3N2OS/c1-2-5-3-12-6(15-5)4-13-7(14)8(9,10)11/h3H,2,4H2,1H3,(H,13,14). The van der Waals surface area contributed by atoms with Crippen molar-refractivity contribution in [2.75, 3.05) is 0 Å². The summed E-state index contributed by atoms with van der Waals surface area (Å²) < 4.78 is 35.4. The van der Waals surface area contributed by atoms with Gasteiger partial charge in [0.15, 0.2) is 0 Å². The zero-order valence-electron chi connectivity index (χ0n) is 7.89. The van der Waals surface area contributed by atoms with Crippen LogP contribution in [0.1, 0.15) is 16.8 Å². The van der Waals surface area contributed by atoms with Gasteiger partial charge in [0.25, 0.3) is 0 Å². The summed E-state index contributed by atoms with van der Waals surface area (Å²) in [5.74, 6) is -1.93. The summed E-state index contributed by atoms with van der Waals surface area (Å²) in [6.07, 6.45) is -2.45. The first kappa shape index (κ1) is 12.0. The fourth-order valence-corrected chi connectivity index (χ4v) is 1.65. The van der Waals surface area contributed by atoms with Crippen LogP contribution in [0.4, 0.5) is 13.2 Å². The Bertz CT molecular complexity index is 348. The lowest BCUT2D eigenvalue weighted by Gasteiger charge is -2.05. The fourth-order valence-electron chi connectivity index (χ4n) is 0.849. The van der Waals surface area contributed by atoms with Gasteiger partial charge in [-0.05, 0) is 6.42 Å². The topological polar surface area (TPSA) is 42.0 Å². The van der Waals surface area contributed by atoms with Crippen molar-refractivity contribution in [3.63, 3.8) is 0 Å². The molecule has 0 fully saturated rings. The molecule has 84 valence electrons. The number of nitrogens with zero attached hydrogens (tertiary/aromatic N) is 1. The van der Waals surface area contributed by atoms with Gasteiger partial charge in [0, 0.05) is 11.1 Å². The number of carbonyl (C=O) groups is 1. The number of hydrogen-bond donors (Lipinski definition) is 1. The second-order valence-corrected chi connectivity index (χ2v) is 3.95. The zero-order valence-corrected chi connectivity index (χ0v) is 8.71. The maximum atomic E-state index is 11.8. The van der Waals surface area contributed by atoms with Gasteiger partial charge < -0.3 is 5.32 Å². The summed E-state index contributed by atoms with van der Waals surface area (Å²) in [5.41, 5.74) is 0. The quantitative estimate of drug-likeness (QED) is 0.873. The van der Waals surface area contributed by atoms with E-state index in [2.05, 4.69) is 4.98 Å². The Morgan fingerprint density at radius 1 is 1.60 bits per heavy atom. The predicted molar refractivity (Wildman–Crippen MR) is 49.4 cm³/mol. The van der Waals surface area contributed by atoms with E-state index in [4.69, 9.17) is 0 Å². The molecule has 15 heavy (non-hydrogen) atoms. The van der Waals surface area contributed by atoms with Crippen LogP contribution in [0.2, 0.25) is 0 Å². The Labute approximate surface area is 88.3 Å². The number of carbonyl (C=O) groups excluding carboxylic acids is 1. The Morgan fingerprint density at radius 2 is 2.27 bits per heavy atom. The average Bonchev–Trinajstić information content (AvgIpc) is 2.60. The van der Waals surface area contributed by atoms with Crippen molar-refractivity contribution >= 4 is 17.2 Å². The second-order valence-electron chi connectivity index (χ2n) is 2.75. The van der Waals surface area contributed by atoms with E-state index in [1.54, 1.807) is 11.5 Å². The van der Waals surface area contributed by atoms with E-state index in [1.807, 2.05) is 6.92 Å². The molecule has 1 heterocycles. The molecule has 0 aliphatic heterocycles. The Hall–Kier alpha value is -1.11. The monoisotopic (exact) mass is 238 g/mol. The first-order valence-electron chi connectivity index (χ1n) is 4.22. The van der Waals surface area contributed by atoms with Gasteiger partial charge in [0.05, 0.1) is 6.54 Å². The van der Waals surface area contributed by atoms with Crippen molar-refractivity contribution in [1.29, 1.82) is 0 Å². The SMILES string of the molecule is CCc1cnc(CNC(=O)C(F)(F)F)s1. The number of aromatic nitrogens is 1. The number of nitrogens with one attached hydrogen (secondary N) is 1. The van der Waals surface area contributed by atoms with Gasteiger partial charge in [-0.2, -0.15) is 13.2 Å². The summed E-state index contributed by atoms with van der Waals surface area (Å²) in [6.45, 7) is 1.74. The lowest BCUT2D eigenvalue weighted by Crippen LogP contribution is -2.36. The normalized spacial score (nSPS) is 11.5. The highest BCUT2D eigenvalue weighted by Gasteiger charge is 2.38. The minimum absolute atomic E-state index is 0.178. The number of alkyl halides is 3. The van der Waals surface area contributed by atoms with E-state index >= 15 is 0 Å². The molecule has 0 atom stereocenters. The lowest BCUT2D eigenvalue weighted by atomic mass is 10.4. The van der Waals surface area contributed by atoms with E-state index in [0.29, 0.717) is 5.01 Å². The number of thiazole rings is 1. The van der Waals surface area contributed by atoms with E-state index in [-0.39, 0.29) is 6.54 Å². The third-order valence-electron chi connectivity index (χ3n) is 1.61. The molecule has 0 radical (unpaired) electrons. The number of amides is 1. The van der Waals surface area contributed by atoms with E-state index in [9.17, 15) is 18.0 Å². The molecule has 0 bridgehead atoms. The van der Waals surface area contributed by atoms with Crippen LogP contribution in [0.15, 0.2) is 6.20 Å². The summed E-state index contributed by atoms with van der Waals surface area (Å²) in [5, 5.41) is 2.24. The van der Waals surface area contributed by atoms with Crippen LogP contribution in [-0.2, 0) is 17.8 Å². The predicted octanol–water partition coefficient (Wildman–Crippen LogP) is 1.88. The first-order chi connectivity index (χ1) is 6.93. The number of aryl methyl sites for hydroxylation is 1. The molecule has 0 saturated carbocycles. The summed E-state index contributed by atoms with van der Waals surface area (Å²) in [6, 6.07) is 0. The van der Waals surface area contributed by atoms with Gasteiger partial charge in [0.1, 0.15) is 5.01 Å². The Morgan fingerprint density at radius 3 is 2.73 bits per heavy atom. The van der Waals surface area contributed by atoms with Crippen molar-refractivity contribution < 1.29 is 18.0 Å². The van der Waals surface area contributed by atoms with Crippen LogP contribution >= 0.6 is 11.3 Å². The van der Waals surface area contributed by atoms with Gasteiger partial charge in [-0.25, -0.2) is 4.98 Å². The molecule has 3 nitrogen and oxygen atoms in total. The molecule has 0 spiro atoms. The van der Waals surface area contributed by atoms with Gasteiger partial charge in [-0.3, -0.25) is 4.79 Å². The van der Waals surface area contributed by atoms with Gasteiger partial charge in [-0.1, -0.05) is 6.92 Å². The number of hydrogen-bond acceptors (Lipinski definition) is 3. The van der Waals surface area contributed by atoms with Gasteiger partial charge >= 0.3 is 12.1 Å². The molecule has 1 rings (SSSR count). The highest BCUT2D eigenvalue weighted by Crippen LogP contribution is 2.16. The van der Waals surface area contributed by atoms with Crippen molar-refractivity contribution in [1.82, 2.24) is 10.3 Å². The second kappa shape index (κ2) is 4.61. The Kier molecular flexibility index (Phi) is 3.67. The molecule has 1 aromatic heterocycles. The molecule has 7 heteroatoms. The zero-order chi connectivity index (χ0) is 11.5. The molecular weight excluding hydrogens is 229 g/mol. The molecule has 0 saturated heterocycles. The summed E-state index contributed by atoms with van der Waals surface area (Å²) >= 11 is 1.29. The molecule has 1 N–H and O–H groups in total. The summed E-state index contributed by atoms with van der Waals surface area (Å²) in [7, 11) is 0. The van der Waals surface area contributed by atoms with Crippen LogP contribution < -0.4 is 5.32 Å². The summed E-state index contributed by atoms with van der Waals surface area (Å²) in [4.78, 5) is 15.3. The smallest absolute Gasteiger partial charge is 0.342 e. The average molecular weight is 238 g/mol. The molecule has 1 aromatic rings. The Balaban J connectivity index is 2.47. The molecule has 0 aromatic carbocycles. The minimum Gasteiger partial charge on any atom is -0.342 e. The molecule has 0 aliphatic carbocycles. The van der Waals surface area contributed by atoms with Crippen molar-refractivity contribution in [3.8, 4) is 0 Å². The highest BCUT2D eigenvalue weighted by molar-refractivity contribution is 7.11. The van der Waals surface area contributed by atoms with E-state index in [0.717, 1.165) is 11.3 Å². The molecule has 0 unspecified atom stereocenters. The third kappa shape index (κ3) is 3.50. The molecule has 1 amide bonds. The van der Waals surface area contributed by atoms with Crippen molar-refractivity contribution in [3.05, 3.63) is 16.1 Å². The third-order valence-corrected chi connectivity index (χ3v) is 2.75. The largest absolute Gasteiger partial charge is 0.471 e. The number of halogens is 3. The highest BCUT2D eigenvalue weighted by atomic mass is 32.1. The van der Waals surface area contributed by atoms with Crippen LogP contribution in [-0.4, -0.2) is 17.1 Å². The minimum atomic E-state index is -4.83. The van der Waals surface area contributed by atoms with E-state index < -0.39 is 12.1 Å². The van der Waals surface area contributed by atoms with Crippen molar-refractivity contribution in [2.45, 2.75) is 26.1 Å². The van der Waals surface area contributed by atoms with E-state index in [1.165, 1.54) is 11.3 Å². The molecular formula is C8H9F3N2OS. The lowest BCUT2D eigenvalue weighted by molar-refractivity contribution is -0.173. The number of rotatable bonds is 3. The maximum absolute atomic E-state index is 11.8. The van der Waals surface area contributed by atoms with Crippen molar-refractivity contribution in [2.24, 2.45) is 0 Å². The van der Waals surface area contributed by atoms with Crippen LogP contribution in [0, 0.1) is 0 Å². The maximum Gasteiger partial charge on any atom is 0.471 e. The van der Waals surface area contributed by atoms with Crippen LogP contribution in [0.3, 0.4) is 0 Å². The van der Waals surface area contributed by atoms with Gasteiger partial charge in [-0.15, -0.1) is 11.3 Å². The van der Waals surface area contributed by atoms with Crippen LogP contribution in [0.5, 0.6) is 0 Å². The fraction of sp³-hybridized carbons (Fsp3) is 0.500.